The van der Waals surface area contributed by atoms with Gasteiger partial charge in [0.05, 0.1) is 40.0 Å². The molecule has 3 aromatic rings. The number of carbonyl (C=O) groups excluding carboxylic acids is 1. The molecule has 3 heterocycles. The summed E-state index contributed by atoms with van der Waals surface area (Å²) in [6.45, 7) is 4.20. The maximum atomic E-state index is 14.1. The standard InChI is InChI=1S/C33H41FN4O7S2/c1-18(2)15-38(47(41,42)23-8-9-25-30(13-23)46-32(36-25)35-22-6-7-22)16-27(39)26(11-19-4-3-5-21(34)10-19)37-33(40)45-28-12-20-17-43-31-24(20)14-29(28)44-31/h3-5,8-10,13,18,20,22,24,26-29,31,39H,6-7,11-12,14-17H2,1-2H3,(H,35,36)(H,37,40)/t20?,24?,26-,27+,28?,29?,31?/m0/s1. The number of halogens is 1. The number of aliphatic hydroxyl groups is 1. The summed E-state index contributed by atoms with van der Waals surface area (Å²) < 4.78 is 61.8. The number of sulfonamides is 1. The van der Waals surface area contributed by atoms with Crippen molar-refractivity contribution in [3.63, 3.8) is 0 Å². The molecular weight excluding hydrogens is 648 g/mol. The average molecular weight is 689 g/mol. The van der Waals surface area contributed by atoms with Gasteiger partial charge in [0, 0.05) is 25.0 Å². The van der Waals surface area contributed by atoms with Crippen molar-refractivity contribution in [3.05, 3.63) is 53.8 Å². The maximum absolute atomic E-state index is 14.1. The van der Waals surface area contributed by atoms with E-state index in [1.807, 2.05) is 13.8 Å². The van der Waals surface area contributed by atoms with Crippen LogP contribution in [0.15, 0.2) is 47.4 Å². The van der Waals surface area contributed by atoms with E-state index in [1.54, 1.807) is 24.3 Å². The third kappa shape index (κ3) is 7.27. The first-order valence-corrected chi connectivity index (χ1v) is 18.6. The van der Waals surface area contributed by atoms with Crippen LogP contribution >= 0.6 is 11.3 Å². The Kier molecular flexibility index (Phi) is 9.17. The van der Waals surface area contributed by atoms with Gasteiger partial charge in [-0.2, -0.15) is 4.31 Å². The highest BCUT2D eigenvalue weighted by Crippen LogP contribution is 2.47. The molecule has 47 heavy (non-hydrogen) atoms. The van der Waals surface area contributed by atoms with E-state index in [4.69, 9.17) is 14.2 Å². The van der Waals surface area contributed by atoms with Gasteiger partial charge < -0.3 is 30.0 Å². The van der Waals surface area contributed by atoms with Crippen molar-refractivity contribution in [1.82, 2.24) is 14.6 Å². The Morgan fingerprint density at radius 1 is 1.19 bits per heavy atom. The number of ether oxygens (including phenoxy) is 3. The molecule has 7 atom stereocenters. The van der Waals surface area contributed by atoms with Gasteiger partial charge >= 0.3 is 6.09 Å². The number of benzene rings is 2. The van der Waals surface area contributed by atoms with Crippen molar-refractivity contribution in [2.75, 3.05) is 25.0 Å². The number of carbonyl (C=O) groups is 1. The van der Waals surface area contributed by atoms with E-state index in [9.17, 15) is 22.7 Å². The predicted octanol–water partition coefficient (Wildman–Crippen LogP) is 4.50. The number of nitrogens with one attached hydrogen (secondary N) is 2. The van der Waals surface area contributed by atoms with E-state index < -0.39 is 40.2 Å². The number of thiazole rings is 1. The minimum absolute atomic E-state index is 0.0540. The van der Waals surface area contributed by atoms with Crippen LogP contribution in [0.2, 0.25) is 0 Å². The lowest BCUT2D eigenvalue weighted by atomic mass is 9.80. The highest BCUT2D eigenvalue weighted by molar-refractivity contribution is 7.89. The van der Waals surface area contributed by atoms with Crippen LogP contribution in [0.25, 0.3) is 10.2 Å². The molecule has 1 aromatic heterocycles. The Morgan fingerprint density at radius 3 is 2.79 bits per heavy atom. The van der Waals surface area contributed by atoms with E-state index in [0.29, 0.717) is 36.1 Å². The zero-order valence-electron chi connectivity index (χ0n) is 26.4. The summed E-state index contributed by atoms with van der Waals surface area (Å²) in [5.41, 5.74) is 1.25. The minimum atomic E-state index is -4.06. The largest absolute Gasteiger partial charge is 0.443 e. The summed E-state index contributed by atoms with van der Waals surface area (Å²) in [4.78, 5) is 18.0. The van der Waals surface area contributed by atoms with Crippen molar-refractivity contribution in [2.24, 2.45) is 17.8 Å². The topological polar surface area (TPSA) is 139 Å². The normalized spacial score (nSPS) is 26.6. The number of alkyl carbamates (subject to hydrolysis) is 1. The van der Waals surface area contributed by atoms with E-state index in [1.165, 1.54) is 33.8 Å². The van der Waals surface area contributed by atoms with E-state index >= 15 is 0 Å². The molecule has 2 aromatic carbocycles. The summed E-state index contributed by atoms with van der Waals surface area (Å²) in [7, 11) is -4.06. The number of nitrogens with zero attached hydrogens (tertiary/aromatic N) is 2. The van der Waals surface area contributed by atoms with Crippen molar-refractivity contribution in [2.45, 2.75) is 87.5 Å². The van der Waals surface area contributed by atoms with E-state index in [-0.39, 0.29) is 48.6 Å². The second-order valence-corrected chi connectivity index (χ2v) is 16.6. The smallest absolute Gasteiger partial charge is 0.407 e. The molecule has 3 N–H and O–H groups in total. The third-order valence-corrected chi connectivity index (χ3v) is 12.2. The zero-order chi connectivity index (χ0) is 32.9. The van der Waals surface area contributed by atoms with Gasteiger partial charge in [0.2, 0.25) is 10.0 Å². The van der Waals surface area contributed by atoms with Crippen LogP contribution in [0.5, 0.6) is 0 Å². The number of anilines is 1. The fourth-order valence-electron chi connectivity index (χ4n) is 6.90. The molecule has 7 rings (SSSR count). The molecule has 14 heteroatoms. The molecule has 2 bridgehead atoms. The van der Waals surface area contributed by atoms with Gasteiger partial charge in [0.1, 0.15) is 11.9 Å². The SMILES string of the molecule is CC(C)CN(C[C@@H](O)[C@H](Cc1cccc(F)c1)NC(=O)OC1CC2COC3OC1CC23)S(=O)(=O)c1ccc2nc(NC3CC3)sc2c1. The van der Waals surface area contributed by atoms with Gasteiger partial charge in [0.25, 0.3) is 0 Å². The molecule has 2 saturated carbocycles. The molecule has 2 aliphatic carbocycles. The van der Waals surface area contributed by atoms with Crippen LogP contribution < -0.4 is 10.6 Å². The van der Waals surface area contributed by atoms with Crippen LogP contribution in [0.1, 0.15) is 45.1 Å². The number of rotatable bonds is 13. The van der Waals surface area contributed by atoms with Crippen molar-refractivity contribution >= 4 is 42.8 Å². The van der Waals surface area contributed by atoms with Crippen LogP contribution in [0.4, 0.5) is 14.3 Å². The highest BCUT2D eigenvalue weighted by atomic mass is 32.2. The first-order valence-electron chi connectivity index (χ1n) is 16.4. The quantitative estimate of drug-likeness (QED) is 0.237. The molecule has 5 unspecified atom stereocenters. The monoisotopic (exact) mass is 688 g/mol. The first kappa shape index (κ1) is 32.7. The lowest BCUT2D eigenvalue weighted by Crippen LogP contribution is -2.52. The zero-order valence-corrected chi connectivity index (χ0v) is 28.0. The maximum Gasteiger partial charge on any atom is 0.407 e. The Balaban J connectivity index is 1.09. The summed E-state index contributed by atoms with van der Waals surface area (Å²) in [6.07, 6.45) is 0.569. The summed E-state index contributed by atoms with van der Waals surface area (Å²) in [6, 6.07) is 10.2. The van der Waals surface area contributed by atoms with Gasteiger partial charge in [-0.3, -0.25) is 0 Å². The number of amides is 1. The van der Waals surface area contributed by atoms with E-state index in [2.05, 4.69) is 15.6 Å². The summed E-state index contributed by atoms with van der Waals surface area (Å²) in [5.74, 6) is 0.0606. The molecule has 2 saturated heterocycles. The Labute approximate surface area is 277 Å². The number of aromatic nitrogens is 1. The van der Waals surface area contributed by atoms with Crippen LogP contribution in [0.3, 0.4) is 0 Å². The predicted molar refractivity (Wildman–Crippen MR) is 174 cm³/mol. The van der Waals surface area contributed by atoms with Gasteiger partial charge in [-0.05, 0) is 79.8 Å². The van der Waals surface area contributed by atoms with Crippen LogP contribution in [-0.2, 0) is 30.7 Å². The molecule has 0 spiro atoms. The molecular formula is C33H41FN4O7S2. The molecule has 1 amide bonds. The summed E-state index contributed by atoms with van der Waals surface area (Å²) >= 11 is 1.41. The van der Waals surface area contributed by atoms with Gasteiger partial charge in [-0.15, -0.1) is 0 Å². The van der Waals surface area contributed by atoms with Crippen molar-refractivity contribution in [3.8, 4) is 0 Å². The lowest BCUT2D eigenvalue weighted by molar-refractivity contribution is -0.147. The molecule has 254 valence electrons. The van der Waals surface area contributed by atoms with E-state index in [0.717, 1.165) is 29.1 Å². The molecule has 4 aliphatic rings. The fourth-order valence-corrected chi connectivity index (χ4v) is 9.61. The minimum Gasteiger partial charge on any atom is -0.443 e. The number of aliphatic hydroxyl groups excluding tert-OH is 1. The van der Waals surface area contributed by atoms with Crippen LogP contribution in [-0.4, -0.2) is 85.3 Å². The third-order valence-electron chi connectivity index (χ3n) is 9.43. The molecule has 11 nitrogen and oxygen atoms in total. The second-order valence-electron chi connectivity index (χ2n) is 13.7. The van der Waals surface area contributed by atoms with Gasteiger partial charge in [0.15, 0.2) is 11.4 Å². The van der Waals surface area contributed by atoms with Crippen LogP contribution in [0, 0.1) is 23.6 Å². The number of hydrogen-bond donors (Lipinski definition) is 3. The number of fused-ring (bicyclic) bond motifs is 2. The molecule has 4 fully saturated rings. The average Bonchev–Trinajstić information content (AvgIpc) is 3.43. The Bertz CT molecular complexity index is 1720. The fraction of sp³-hybridized carbons (Fsp3) is 0.576. The van der Waals surface area contributed by atoms with Gasteiger partial charge in [-0.1, -0.05) is 37.3 Å². The number of hydrogen-bond acceptors (Lipinski definition) is 10. The molecule has 2 aliphatic heterocycles. The lowest BCUT2D eigenvalue weighted by Gasteiger charge is -2.33. The van der Waals surface area contributed by atoms with Crippen molar-refractivity contribution in [1.29, 1.82) is 0 Å². The Hall–Kier alpha value is -2.88. The highest BCUT2D eigenvalue weighted by Gasteiger charge is 2.54. The Morgan fingerprint density at radius 2 is 2.02 bits per heavy atom. The van der Waals surface area contributed by atoms with Crippen molar-refractivity contribution < 1.29 is 36.9 Å². The van der Waals surface area contributed by atoms with Gasteiger partial charge in [-0.25, -0.2) is 22.6 Å². The second kappa shape index (κ2) is 13.2. The first-order chi connectivity index (χ1) is 22.5. The molecule has 0 radical (unpaired) electrons. The summed E-state index contributed by atoms with van der Waals surface area (Å²) in [5, 5.41) is 18.5.